The summed E-state index contributed by atoms with van der Waals surface area (Å²) in [6.45, 7) is 12.3. The molecule has 0 aliphatic carbocycles. The van der Waals surface area contributed by atoms with E-state index < -0.39 is 5.91 Å². The molecule has 2 aromatic carbocycles. The molecule has 1 amide bonds. The summed E-state index contributed by atoms with van der Waals surface area (Å²) in [6.07, 6.45) is 0.771. The van der Waals surface area contributed by atoms with Crippen LogP contribution in [0.4, 0.5) is 5.13 Å². The number of aryl methyl sites for hydroxylation is 4. The van der Waals surface area contributed by atoms with E-state index in [0.717, 1.165) is 45.4 Å². The molecule has 3 rings (SSSR count). The Morgan fingerprint density at radius 3 is 2.37 bits per heavy atom. The van der Waals surface area contributed by atoms with Gasteiger partial charge in [0, 0.05) is 0 Å². The van der Waals surface area contributed by atoms with Crippen LogP contribution in [0.15, 0.2) is 48.6 Å². The van der Waals surface area contributed by atoms with Gasteiger partial charge in [0.25, 0.3) is 5.91 Å². The Morgan fingerprint density at radius 1 is 1.09 bits per heavy atom. The van der Waals surface area contributed by atoms with Crippen LogP contribution in [0.3, 0.4) is 0 Å². The number of rotatable bonds is 9. The van der Waals surface area contributed by atoms with Crippen molar-refractivity contribution in [3.8, 4) is 23.3 Å². The lowest BCUT2D eigenvalue weighted by Gasteiger charge is -2.14. The fourth-order valence-electron chi connectivity index (χ4n) is 2.89. The van der Waals surface area contributed by atoms with Gasteiger partial charge in [0.2, 0.25) is 5.13 Å². The monoisotopic (exact) mass is 494 g/mol. The van der Waals surface area contributed by atoms with Gasteiger partial charge in [-0.05, 0) is 56.0 Å². The van der Waals surface area contributed by atoms with Gasteiger partial charge in [0.1, 0.15) is 35.6 Å². The maximum Gasteiger partial charge on any atom is 0.267 e. The molecule has 0 aliphatic heterocycles. The van der Waals surface area contributed by atoms with Crippen LogP contribution in [0.2, 0.25) is 0 Å². The molecule has 35 heavy (non-hydrogen) atoms. The van der Waals surface area contributed by atoms with E-state index in [1.54, 1.807) is 13.2 Å². The van der Waals surface area contributed by atoms with E-state index >= 15 is 0 Å². The number of nitriles is 1. The quantitative estimate of drug-likeness (QED) is 0.248. The number of benzene rings is 2. The van der Waals surface area contributed by atoms with Crippen LogP contribution in [0.5, 0.6) is 17.2 Å². The van der Waals surface area contributed by atoms with E-state index in [-0.39, 0.29) is 5.57 Å². The second kappa shape index (κ2) is 13.7. The number of hydrogen-bond acceptors (Lipinski definition) is 8. The number of para-hydroxylation sites is 1. The van der Waals surface area contributed by atoms with Crippen molar-refractivity contribution < 1.29 is 19.0 Å². The maximum atomic E-state index is 11.1. The zero-order valence-electron chi connectivity index (χ0n) is 20.7. The Balaban J connectivity index is 0.000000269. The molecule has 0 spiro atoms. The number of ether oxygens (including phenoxy) is 3. The van der Waals surface area contributed by atoms with Crippen molar-refractivity contribution >= 4 is 22.4 Å². The van der Waals surface area contributed by atoms with E-state index in [9.17, 15) is 4.79 Å². The van der Waals surface area contributed by atoms with Crippen LogP contribution in [-0.2, 0) is 11.2 Å². The van der Waals surface area contributed by atoms with Crippen molar-refractivity contribution in [1.82, 2.24) is 10.2 Å². The first kappa shape index (κ1) is 27.3. The first-order valence-electron chi connectivity index (χ1n) is 11.0. The Hall–Kier alpha value is -3.90. The highest BCUT2D eigenvalue weighted by molar-refractivity contribution is 7.15. The van der Waals surface area contributed by atoms with E-state index in [1.807, 2.05) is 64.1 Å². The van der Waals surface area contributed by atoms with Gasteiger partial charge in [-0.15, -0.1) is 10.2 Å². The lowest BCUT2D eigenvalue weighted by atomic mass is 10.1. The summed E-state index contributed by atoms with van der Waals surface area (Å²) >= 11 is 1.28. The molecule has 0 unspecified atom stereocenters. The third-order valence-corrected chi connectivity index (χ3v) is 5.70. The minimum Gasteiger partial charge on any atom is -0.493 e. The van der Waals surface area contributed by atoms with Gasteiger partial charge < -0.3 is 14.2 Å². The van der Waals surface area contributed by atoms with Gasteiger partial charge in [-0.3, -0.25) is 10.1 Å². The molecule has 0 saturated carbocycles. The minimum absolute atomic E-state index is 0.141. The number of aromatic nitrogens is 2. The first-order valence-corrected chi connectivity index (χ1v) is 11.8. The largest absolute Gasteiger partial charge is 0.493 e. The van der Waals surface area contributed by atoms with Crippen LogP contribution < -0.4 is 19.5 Å². The summed E-state index contributed by atoms with van der Waals surface area (Å²) in [6, 6.07) is 13.7. The highest BCUT2D eigenvalue weighted by Crippen LogP contribution is 2.28. The fourth-order valence-corrected chi connectivity index (χ4v) is 3.56. The predicted octanol–water partition coefficient (Wildman–Crippen LogP) is 5.20. The second-order valence-corrected chi connectivity index (χ2v) is 8.53. The van der Waals surface area contributed by atoms with E-state index in [2.05, 4.69) is 22.1 Å². The molecule has 1 aromatic heterocycles. The standard InChI is InChI=1S/C18H22O3.C8H8N4OS/c1-13-8-9-16(17(12-13)19-4)20-10-11-21-18-14(2)6-5-7-15(18)3;1-3-6-11-12-8(14-6)10-7(13)5(2)4-9/h5-9,12H,10-11H2,1-4H3;2-3H2,1H3,(H,10,12,13). The van der Waals surface area contributed by atoms with E-state index in [1.165, 1.54) is 11.3 Å². The van der Waals surface area contributed by atoms with E-state index in [4.69, 9.17) is 19.5 Å². The Bertz CT molecular complexity index is 1180. The summed E-state index contributed by atoms with van der Waals surface area (Å²) in [7, 11) is 1.65. The summed E-state index contributed by atoms with van der Waals surface area (Å²) < 4.78 is 16.9. The molecule has 0 atom stereocenters. The molecule has 1 N–H and O–H groups in total. The number of carbonyl (C=O) groups excluding carboxylic acids is 1. The summed E-state index contributed by atoms with van der Waals surface area (Å²) in [4.78, 5) is 11.1. The molecular weight excluding hydrogens is 464 g/mol. The number of anilines is 1. The molecule has 0 fully saturated rings. The highest BCUT2D eigenvalue weighted by atomic mass is 32.1. The Morgan fingerprint density at radius 2 is 1.77 bits per heavy atom. The predicted molar refractivity (Wildman–Crippen MR) is 137 cm³/mol. The van der Waals surface area contributed by atoms with Crippen molar-refractivity contribution in [1.29, 1.82) is 5.26 Å². The molecule has 184 valence electrons. The number of carbonyl (C=O) groups is 1. The van der Waals surface area contributed by atoms with Gasteiger partial charge >= 0.3 is 0 Å². The summed E-state index contributed by atoms with van der Waals surface area (Å²) in [5, 5.41) is 19.6. The van der Waals surface area contributed by atoms with Crippen molar-refractivity contribution in [2.24, 2.45) is 0 Å². The fraction of sp³-hybridized carbons (Fsp3) is 0.308. The lowest BCUT2D eigenvalue weighted by molar-refractivity contribution is -0.112. The molecular formula is C26H30N4O4S. The third-order valence-electron chi connectivity index (χ3n) is 4.71. The Kier molecular flexibility index (Phi) is 10.7. The molecule has 1 heterocycles. The van der Waals surface area contributed by atoms with Gasteiger partial charge in [-0.2, -0.15) is 5.26 Å². The molecule has 3 aromatic rings. The average molecular weight is 495 g/mol. The number of methoxy groups -OCH3 is 1. The topological polar surface area (TPSA) is 106 Å². The molecule has 0 saturated heterocycles. The minimum atomic E-state index is -0.536. The first-order chi connectivity index (χ1) is 16.8. The number of nitrogens with zero attached hydrogens (tertiary/aromatic N) is 3. The number of amides is 1. The SMILES string of the molecule is C=C(C#N)C(=O)Nc1nnc(CC)s1.COc1cc(C)ccc1OCCOc1c(C)cccc1C. The smallest absolute Gasteiger partial charge is 0.267 e. The number of nitrogens with one attached hydrogen (secondary N) is 1. The second-order valence-electron chi connectivity index (χ2n) is 7.47. The van der Waals surface area contributed by atoms with Crippen molar-refractivity contribution in [3.05, 3.63) is 70.2 Å². The van der Waals surface area contributed by atoms with Gasteiger partial charge in [0.15, 0.2) is 11.5 Å². The van der Waals surface area contributed by atoms with Crippen molar-refractivity contribution in [2.45, 2.75) is 34.1 Å². The maximum absolute atomic E-state index is 11.1. The zero-order valence-corrected chi connectivity index (χ0v) is 21.5. The number of hydrogen-bond donors (Lipinski definition) is 1. The van der Waals surface area contributed by atoms with Crippen LogP contribution >= 0.6 is 11.3 Å². The molecule has 0 bridgehead atoms. The van der Waals surface area contributed by atoms with E-state index in [0.29, 0.717) is 18.3 Å². The zero-order chi connectivity index (χ0) is 25.8. The molecule has 0 radical (unpaired) electrons. The Labute approximate surface area is 210 Å². The van der Waals surface area contributed by atoms with Gasteiger partial charge in [-0.25, -0.2) is 0 Å². The lowest BCUT2D eigenvalue weighted by Crippen LogP contribution is -2.12. The van der Waals surface area contributed by atoms with Crippen molar-refractivity contribution in [3.63, 3.8) is 0 Å². The van der Waals surface area contributed by atoms with Crippen LogP contribution in [0, 0.1) is 32.1 Å². The van der Waals surface area contributed by atoms with Crippen molar-refractivity contribution in [2.75, 3.05) is 25.6 Å². The van der Waals surface area contributed by atoms with Crippen LogP contribution in [0.1, 0.15) is 28.6 Å². The normalized spacial score (nSPS) is 9.83. The van der Waals surface area contributed by atoms with Gasteiger partial charge in [0.05, 0.1) is 7.11 Å². The molecule has 0 aliphatic rings. The summed E-state index contributed by atoms with van der Waals surface area (Å²) in [5.74, 6) is 1.90. The summed E-state index contributed by atoms with van der Waals surface area (Å²) in [5.41, 5.74) is 3.29. The van der Waals surface area contributed by atoms with Gasteiger partial charge in [-0.1, -0.05) is 49.1 Å². The average Bonchev–Trinajstić information content (AvgIpc) is 3.31. The molecule has 9 heteroatoms. The molecule has 8 nitrogen and oxygen atoms in total. The highest BCUT2D eigenvalue weighted by Gasteiger charge is 2.09. The van der Waals surface area contributed by atoms with Crippen LogP contribution in [0.25, 0.3) is 0 Å². The van der Waals surface area contributed by atoms with Crippen LogP contribution in [-0.4, -0.2) is 36.4 Å². The third kappa shape index (κ3) is 8.43.